The van der Waals surface area contributed by atoms with Gasteiger partial charge in [-0.05, 0) is 31.5 Å². The third-order valence-corrected chi connectivity index (χ3v) is 1.99. The number of hydrogen-bond acceptors (Lipinski definition) is 1. The van der Waals surface area contributed by atoms with Crippen LogP contribution in [0.15, 0.2) is 18.2 Å². The number of benzene rings is 1. The fourth-order valence-corrected chi connectivity index (χ4v) is 1.46. The molecule has 0 heterocycles. The SMILES string of the molecule is CCc1cc(C)cc(CNC)c1. The quantitative estimate of drug-likeness (QED) is 0.721. The molecular weight excluding hydrogens is 146 g/mol. The molecule has 0 bridgehead atoms. The summed E-state index contributed by atoms with van der Waals surface area (Å²) in [6, 6.07) is 6.75. The topological polar surface area (TPSA) is 12.0 Å². The maximum Gasteiger partial charge on any atom is 0.0202 e. The van der Waals surface area contributed by atoms with E-state index in [1.165, 1.54) is 16.7 Å². The fraction of sp³-hybridized carbons (Fsp3) is 0.455. The summed E-state index contributed by atoms with van der Waals surface area (Å²) >= 11 is 0. The molecule has 0 aliphatic heterocycles. The predicted octanol–water partition coefficient (Wildman–Crippen LogP) is 2.28. The van der Waals surface area contributed by atoms with Crippen molar-refractivity contribution in [1.82, 2.24) is 5.32 Å². The van der Waals surface area contributed by atoms with Gasteiger partial charge in [0.2, 0.25) is 0 Å². The van der Waals surface area contributed by atoms with E-state index in [-0.39, 0.29) is 0 Å². The van der Waals surface area contributed by atoms with Crippen LogP contribution in [-0.4, -0.2) is 7.05 Å². The molecule has 0 aliphatic rings. The second kappa shape index (κ2) is 4.27. The van der Waals surface area contributed by atoms with Gasteiger partial charge in [-0.2, -0.15) is 0 Å². The zero-order valence-corrected chi connectivity index (χ0v) is 8.15. The van der Waals surface area contributed by atoms with Crippen molar-refractivity contribution in [2.45, 2.75) is 26.8 Å². The van der Waals surface area contributed by atoms with Crippen molar-refractivity contribution in [2.75, 3.05) is 7.05 Å². The van der Waals surface area contributed by atoms with Crippen LogP contribution in [0.1, 0.15) is 23.6 Å². The molecule has 1 rings (SSSR count). The molecule has 1 N–H and O–H groups in total. The molecule has 0 aliphatic carbocycles. The van der Waals surface area contributed by atoms with Crippen molar-refractivity contribution in [3.05, 3.63) is 34.9 Å². The van der Waals surface area contributed by atoms with E-state index in [0.717, 1.165) is 13.0 Å². The lowest BCUT2D eigenvalue weighted by atomic mass is 10.0. The Labute approximate surface area is 74.8 Å². The Hall–Kier alpha value is -0.820. The molecule has 0 saturated heterocycles. The first-order valence-electron chi connectivity index (χ1n) is 4.50. The van der Waals surface area contributed by atoms with Gasteiger partial charge in [-0.1, -0.05) is 30.7 Å². The minimum atomic E-state index is 0.967. The zero-order chi connectivity index (χ0) is 8.97. The summed E-state index contributed by atoms with van der Waals surface area (Å²) in [6.45, 7) is 5.31. The van der Waals surface area contributed by atoms with Crippen LogP contribution in [0, 0.1) is 6.92 Å². The molecule has 0 fully saturated rings. The van der Waals surface area contributed by atoms with E-state index in [1.807, 2.05) is 7.05 Å². The van der Waals surface area contributed by atoms with E-state index in [0.29, 0.717) is 0 Å². The molecule has 1 nitrogen and oxygen atoms in total. The summed E-state index contributed by atoms with van der Waals surface area (Å²) in [5.74, 6) is 0. The maximum absolute atomic E-state index is 3.16. The number of nitrogens with one attached hydrogen (secondary N) is 1. The van der Waals surface area contributed by atoms with Gasteiger partial charge in [0.05, 0.1) is 0 Å². The van der Waals surface area contributed by atoms with E-state index in [2.05, 4.69) is 37.4 Å². The summed E-state index contributed by atoms with van der Waals surface area (Å²) in [5, 5.41) is 3.16. The average Bonchev–Trinajstić information content (AvgIpc) is 2.04. The Morgan fingerprint density at radius 1 is 1.17 bits per heavy atom. The minimum Gasteiger partial charge on any atom is -0.316 e. The van der Waals surface area contributed by atoms with Crippen molar-refractivity contribution in [3.63, 3.8) is 0 Å². The third kappa shape index (κ3) is 2.35. The van der Waals surface area contributed by atoms with Crippen LogP contribution < -0.4 is 5.32 Å². The highest BCUT2D eigenvalue weighted by atomic mass is 14.8. The van der Waals surface area contributed by atoms with Crippen molar-refractivity contribution in [3.8, 4) is 0 Å². The monoisotopic (exact) mass is 163 g/mol. The molecule has 66 valence electrons. The largest absolute Gasteiger partial charge is 0.316 e. The van der Waals surface area contributed by atoms with Crippen LogP contribution in [0.3, 0.4) is 0 Å². The van der Waals surface area contributed by atoms with Crippen molar-refractivity contribution >= 4 is 0 Å². The summed E-state index contributed by atoms with van der Waals surface area (Å²) in [6.07, 6.45) is 1.12. The van der Waals surface area contributed by atoms with Gasteiger partial charge in [0, 0.05) is 6.54 Å². The van der Waals surface area contributed by atoms with Gasteiger partial charge in [-0.25, -0.2) is 0 Å². The summed E-state index contributed by atoms with van der Waals surface area (Å²) in [5.41, 5.74) is 4.18. The van der Waals surface area contributed by atoms with Crippen molar-refractivity contribution in [1.29, 1.82) is 0 Å². The van der Waals surface area contributed by atoms with E-state index < -0.39 is 0 Å². The summed E-state index contributed by atoms with van der Waals surface area (Å²) in [4.78, 5) is 0. The molecule has 0 atom stereocenters. The van der Waals surface area contributed by atoms with Gasteiger partial charge in [-0.3, -0.25) is 0 Å². The molecule has 0 aromatic heterocycles. The molecule has 1 aromatic carbocycles. The molecule has 1 heteroatoms. The lowest BCUT2D eigenvalue weighted by Gasteiger charge is -2.05. The first-order valence-corrected chi connectivity index (χ1v) is 4.50. The van der Waals surface area contributed by atoms with Crippen molar-refractivity contribution in [2.24, 2.45) is 0 Å². The Bertz CT molecular complexity index is 253. The smallest absolute Gasteiger partial charge is 0.0202 e. The highest BCUT2D eigenvalue weighted by Crippen LogP contribution is 2.09. The highest BCUT2D eigenvalue weighted by molar-refractivity contribution is 5.29. The Morgan fingerprint density at radius 3 is 2.42 bits per heavy atom. The number of aryl methyl sites for hydroxylation is 2. The average molecular weight is 163 g/mol. The normalized spacial score (nSPS) is 10.2. The fourth-order valence-electron chi connectivity index (χ4n) is 1.46. The van der Waals surface area contributed by atoms with Crippen molar-refractivity contribution < 1.29 is 0 Å². The molecule has 0 unspecified atom stereocenters. The van der Waals surface area contributed by atoms with Gasteiger partial charge in [0.25, 0.3) is 0 Å². The Morgan fingerprint density at radius 2 is 1.83 bits per heavy atom. The van der Waals surface area contributed by atoms with E-state index >= 15 is 0 Å². The van der Waals surface area contributed by atoms with Crippen LogP contribution in [0.4, 0.5) is 0 Å². The first-order chi connectivity index (χ1) is 5.76. The third-order valence-electron chi connectivity index (χ3n) is 1.99. The molecule has 0 saturated carbocycles. The summed E-state index contributed by atoms with van der Waals surface area (Å²) in [7, 11) is 1.98. The van der Waals surface area contributed by atoms with E-state index in [4.69, 9.17) is 0 Å². The lowest BCUT2D eigenvalue weighted by molar-refractivity contribution is 0.815. The molecule has 0 spiro atoms. The predicted molar refractivity (Wildman–Crippen MR) is 53.3 cm³/mol. The molecule has 0 amide bonds. The van der Waals surface area contributed by atoms with E-state index in [9.17, 15) is 0 Å². The molecule has 0 radical (unpaired) electrons. The Balaban J connectivity index is 2.90. The van der Waals surface area contributed by atoms with Crippen LogP contribution in [0.25, 0.3) is 0 Å². The second-order valence-electron chi connectivity index (χ2n) is 3.21. The zero-order valence-electron chi connectivity index (χ0n) is 8.15. The number of hydrogen-bond donors (Lipinski definition) is 1. The van der Waals surface area contributed by atoms with Gasteiger partial charge in [0.1, 0.15) is 0 Å². The summed E-state index contributed by atoms with van der Waals surface area (Å²) < 4.78 is 0. The van der Waals surface area contributed by atoms with Crippen LogP contribution in [-0.2, 0) is 13.0 Å². The van der Waals surface area contributed by atoms with Gasteiger partial charge < -0.3 is 5.32 Å². The first kappa shape index (κ1) is 9.27. The molecule has 12 heavy (non-hydrogen) atoms. The second-order valence-corrected chi connectivity index (χ2v) is 3.21. The standard InChI is InChI=1S/C11H17N/c1-4-10-5-9(2)6-11(7-10)8-12-3/h5-7,12H,4,8H2,1-3H3. The van der Waals surface area contributed by atoms with Crippen LogP contribution in [0.5, 0.6) is 0 Å². The lowest BCUT2D eigenvalue weighted by Crippen LogP contribution is -2.05. The highest BCUT2D eigenvalue weighted by Gasteiger charge is 1.95. The van der Waals surface area contributed by atoms with Gasteiger partial charge in [0.15, 0.2) is 0 Å². The van der Waals surface area contributed by atoms with E-state index in [1.54, 1.807) is 0 Å². The van der Waals surface area contributed by atoms with Crippen LogP contribution in [0.2, 0.25) is 0 Å². The van der Waals surface area contributed by atoms with Gasteiger partial charge >= 0.3 is 0 Å². The maximum atomic E-state index is 3.16. The Kier molecular flexibility index (Phi) is 3.30. The van der Waals surface area contributed by atoms with Gasteiger partial charge in [-0.15, -0.1) is 0 Å². The molecular formula is C11H17N. The number of rotatable bonds is 3. The minimum absolute atomic E-state index is 0.967. The molecule has 1 aromatic rings. The van der Waals surface area contributed by atoms with Crippen LogP contribution >= 0.6 is 0 Å².